The van der Waals surface area contributed by atoms with Crippen LogP contribution in [0.1, 0.15) is 42.2 Å². The minimum Gasteiger partial charge on any atom is -0.351 e. The van der Waals surface area contributed by atoms with E-state index in [0.29, 0.717) is 29.6 Å². The van der Waals surface area contributed by atoms with E-state index in [-0.39, 0.29) is 11.3 Å². The second-order valence-corrected chi connectivity index (χ2v) is 6.20. The van der Waals surface area contributed by atoms with Crippen molar-refractivity contribution in [3.8, 4) is 0 Å². The lowest BCUT2D eigenvalue weighted by Crippen LogP contribution is -2.25. The second kappa shape index (κ2) is 5.52. The van der Waals surface area contributed by atoms with Gasteiger partial charge in [0.1, 0.15) is 0 Å². The zero-order chi connectivity index (χ0) is 13.9. The quantitative estimate of drug-likeness (QED) is 0.933. The molecule has 0 saturated carbocycles. The first-order chi connectivity index (χ1) is 8.97. The van der Waals surface area contributed by atoms with Crippen molar-refractivity contribution in [3.05, 3.63) is 34.1 Å². The molecule has 0 bridgehead atoms. The summed E-state index contributed by atoms with van der Waals surface area (Å²) >= 11 is 1.42. The van der Waals surface area contributed by atoms with Crippen molar-refractivity contribution >= 4 is 17.2 Å². The lowest BCUT2D eigenvalue weighted by Gasteiger charge is -2.10. The minimum atomic E-state index is -0.147. The van der Waals surface area contributed by atoms with Gasteiger partial charge >= 0.3 is 0 Å². The molecule has 19 heavy (non-hydrogen) atoms. The monoisotopic (exact) mass is 279 g/mol. The summed E-state index contributed by atoms with van der Waals surface area (Å²) in [4.78, 5) is 16.7. The van der Waals surface area contributed by atoms with Gasteiger partial charge in [0.25, 0.3) is 5.91 Å². The highest BCUT2D eigenvalue weighted by Crippen LogP contribution is 2.19. The average Bonchev–Trinajstić information content (AvgIpc) is 2.99. The van der Waals surface area contributed by atoms with E-state index >= 15 is 0 Å². The van der Waals surface area contributed by atoms with Gasteiger partial charge in [-0.05, 0) is 11.4 Å². The van der Waals surface area contributed by atoms with Gasteiger partial charge in [0.15, 0.2) is 5.82 Å². The van der Waals surface area contributed by atoms with Gasteiger partial charge in [0.05, 0.1) is 4.88 Å². The Morgan fingerprint density at radius 2 is 2.26 bits per heavy atom. The van der Waals surface area contributed by atoms with Crippen molar-refractivity contribution < 1.29 is 9.32 Å². The fourth-order valence-corrected chi connectivity index (χ4v) is 2.08. The van der Waals surface area contributed by atoms with Crippen LogP contribution < -0.4 is 5.32 Å². The summed E-state index contributed by atoms with van der Waals surface area (Å²) in [6.07, 6.45) is 0.566. The molecule has 0 aliphatic carbocycles. The predicted octanol–water partition coefficient (Wildman–Crippen LogP) is 2.40. The molecule has 0 spiro atoms. The topological polar surface area (TPSA) is 68.0 Å². The third-order valence-corrected chi connectivity index (χ3v) is 3.36. The van der Waals surface area contributed by atoms with Crippen LogP contribution in [-0.4, -0.2) is 22.6 Å². The Morgan fingerprint density at radius 3 is 2.84 bits per heavy atom. The number of aromatic nitrogens is 2. The van der Waals surface area contributed by atoms with Crippen LogP contribution in [0.2, 0.25) is 0 Å². The van der Waals surface area contributed by atoms with Gasteiger partial charge in [-0.3, -0.25) is 4.79 Å². The van der Waals surface area contributed by atoms with E-state index in [0.717, 1.165) is 0 Å². The van der Waals surface area contributed by atoms with Crippen molar-refractivity contribution in [3.63, 3.8) is 0 Å². The normalized spacial score (nSPS) is 11.5. The van der Waals surface area contributed by atoms with Gasteiger partial charge in [-0.25, -0.2) is 0 Å². The third kappa shape index (κ3) is 3.64. The summed E-state index contributed by atoms with van der Waals surface area (Å²) in [7, 11) is 0. The van der Waals surface area contributed by atoms with Gasteiger partial charge in [-0.1, -0.05) is 32.0 Å². The number of amides is 1. The molecule has 1 amide bonds. The summed E-state index contributed by atoms with van der Waals surface area (Å²) in [5, 5.41) is 8.62. The third-order valence-electron chi connectivity index (χ3n) is 2.49. The molecular formula is C13H17N3O2S. The molecule has 0 aliphatic heterocycles. The molecule has 2 aromatic heterocycles. The summed E-state index contributed by atoms with van der Waals surface area (Å²) < 4.78 is 5.19. The Hall–Kier alpha value is -1.69. The zero-order valence-electron chi connectivity index (χ0n) is 11.3. The van der Waals surface area contributed by atoms with Crippen molar-refractivity contribution in [1.82, 2.24) is 15.5 Å². The van der Waals surface area contributed by atoms with Crippen molar-refractivity contribution in [2.45, 2.75) is 32.6 Å². The van der Waals surface area contributed by atoms with E-state index in [2.05, 4.69) is 15.5 Å². The van der Waals surface area contributed by atoms with Gasteiger partial charge in [-0.2, -0.15) is 4.98 Å². The number of nitrogens with one attached hydrogen (secondary N) is 1. The van der Waals surface area contributed by atoms with E-state index in [4.69, 9.17) is 4.52 Å². The Balaban J connectivity index is 1.83. The number of thiophene rings is 1. The first-order valence-electron chi connectivity index (χ1n) is 6.11. The molecule has 0 aromatic carbocycles. The van der Waals surface area contributed by atoms with Crippen molar-refractivity contribution in [2.24, 2.45) is 0 Å². The van der Waals surface area contributed by atoms with Crippen molar-refractivity contribution in [2.75, 3.05) is 6.54 Å². The smallest absolute Gasteiger partial charge is 0.261 e. The molecule has 102 valence electrons. The fourth-order valence-electron chi connectivity index (χ4n) is 1.44. The molecule has 5 nitrogen and oxygen atoms in total. The summed E-state index contributed by atoms with van der Waals surface area (Å²) in [5.41, 5.74) is -0.147. The van der Waals surface area contributed by atoms with Crippen LogP contribution in [0, 0.1) is 0 Å². The van der Waals surface area contributed by atoms with Crippen LogP contribution in [0.15, 0.2) is 22.0 Å². The zero-order valence-corrected chi connectivity index (χ0v) is 12.1. The Labute approximate surface area is 116 Å². The maximum absolute atomic E-state index is 11.7. The van der Waals surface area contributed by atoms with E-state index in [1.165, 1.54) is 11.3 Å². The highest BCUT2D eigenvalue weighted by Gasteiger charge is 2.21. The SMILES string of the molecule is CC(C)(C)c1nc(CCNC(=O)c2cccs2)no1. The highest BCUT2D eigenvalue weighted by atomic mass is 32.1. The van der Waals surface area contributed by atoms with Crippen LogP contribution in [0.5, 0.6) is 0 Å². The van der Waals surface area contributed by atoms with Crippen LogP contribution in [0.3, 0.4) is 0 Å². The Bertz CT molecular complexity index is 540. The first-order valence-corrected chi connectivity index (χ1v) is 6.99. The molecule has 0 fully saturated rings. The molecule has 0 unspecified atom stereocenters. The number of carbonyl (C=O) groups is 1. The standard InChI is InChI=1S/C13H17N3O2S/c1-13(2,3)12-15-10(16-18-12)6-7-14-11(17)9-5-4-8-19-9/h4-5,8H,6-7H2,1-3H3,(H,14,17). The van der Waals surface area contributed by atoms with E-state index in [9.17, 15) is 4.79 Å². The maximum Gasteiger partial charge on any atom is 0.261 e. The van der Waals surface area contributed by atoms with Gasteiger partial charge in [-0.15, -0.1) is 11.3 Å². The summed E-state index contributed by atoms with van der Waals surface area (Å²) in [6.45, 7) is 6.55. The Morgan fingerprint density at radius 1 is 1.47 bits per heavy atom. The molecule has 2 aromatic rings. The molecule has 0 radical (unpaired) electrons. The second-order valence-electron chi connectivity index (χ2n) is 5.25. The number of hydrogen-bond acceptors (Lipinski definition) is 5. The van der Waals surface area contributed by atoms with Gasteiger partial charge in [0, 0.05) is 18.4 Å². The van der Waals surface area contributed by atoms with Crippen LogP contribution in [-0.2, 0) is 11.8 Å². The largest absolute Gasteiger partial charge is 0.351 e. The van der Waals surface area contributed by atoms with Gasteiger partial charge < -0.3 is 9.84 Å². The summed E-state index contributed by atoms with van der Waals surface area (Å²) in [5.74, 6) is 1.18. The Kier molecular flexibility index (Phi) is 3.99. The number of carbonyl (C=O) groups excluding carboxylic acids is 1. The molecule has 2 heterocycles. The van der Waals surface area contributed by atoms with Gasteiger partial charge in [0.2, 0.25) is 5.89 Å². The molecule has 0 saturated heterocycles. The van der Waals surface area contributed by atoms with Crippen molar-refractivity contribution in [1.29, 1.82) is 0 Å². The highest BCUT2D eigenvalue weighted by molar-refractivity contribution is 7.12. The lowest BCUT2D eigenvalue weighted by atomic mass is 9.97. The first kappa shape index (κ1) is 13.7. The van der Waals surface area contributed by atoms with Crippen LogP contribution >= 0.6 is 11.3 Å². The lowest BCUT2D eigenvalue weighted by molar-refractivity contribution is 0.0958. The molecule has 0 atom stereocenters. The van der Waals surface area contributed by atoms with E-state index in [1.807, 2.05) is 32.2 Å². The maximum atomic E-state index is 11.7. The number of hydrogen-bond donors (Lipinski definition) is 1. The van der Waals surface area contributed by atoms with Crippen LogP contribution in [0.4, 0.5) is 0 Å². The predicted molar refractivity (Wildman–Crippen MR) is 73.4 cm³/mol. The molecule has 6 heteroatoms. The average molecular weight is 279 g/mol. The molecule has 1 N–H and O–H groups in total. The molecule has 2 rings (SSSR count). The summed E-state index contributed by atoms with van der Waals surface area (Å²) in [6, 6.07) is 3.65. The number of rotatable bonds is 4. The minimum absolute atomic E-state index is 0.0606. The van der Waals surface area contributed by atoms with E-state index in [1.54, 1.807) is 6.07 Å². The van der Waals surface area contributed by atoms with E-state index < -0.39 is 0 Å². The number of nitrogens with zero attached hydrogens (tertiary/aromatic N) is 2. The molecular weight excluding hydrogens is 262 g/mol. The van der Waals surface area contributed by atoms with Crippen LogP contribution in [0.25, 0.3) is 0 Å². The fraction of sp³-hybridized carbons (Fsp3) is 0.462. The molecule has 0 aliphatic rings.